The Bertz CT molecular complexity index is 360. The molecular formula is C14H27N3O3. The van der Waals surface area contributed by atoms with E-state index in [1.54, 1.807) is 11.8 Å². The van der Waals surface area contributed by atoms with E-state index in [0.29, 0.717) is 26.1 Å². The van der Waals surface area contributed by atoms with Crippen molar-refractivity contribution in [3.05, 3.63) is 0 Å². The third-order valence-corrected chi connectivity index (χ3v) is 3.91. The molecule has 0 spiro atoms. The van der Waals surface area contributed by atoms with Crippen LogP contribution in [0.5, 0.6) is 0 Å². The van der Waals surface area contributed by atoms with Crippen molar-refractivity contribution in [1.29, 1.82) is 0 Å². The highest BCUT2D eigenvalue weighted by molar-refractivity contribution is 5.86. The number of hydrogen-bond acceptors (Lipinski definition) is 3. The van der Waals surface area contributed by atoms with Crippen LogP contribution in [0.1, 0.15) is 33.1 Å². The SMILES string of the molecule is CCCN(CCN(C)C)C(=O)N1CCCC1(C)C(=O)O. The van der Waals surface area contributed by atoms with Crippen LogP contribution in [0.4, 0.5) is 4.79 Å². The first-order chi connectivity index (χ1) is 9.32. The number of nitrogens with zero attached hydrogens (tertiary/aromatic N) is 3. The third-order valence-electron chi connectivity index (χ3n) is 3.91. The van der Waals surface area contributed by atoms with Gasteiger partial charge < -0.3 is 19.8 Å². The molecule has 0 aromatic heterocycles. The molecule has 20 heavy (non-hydrogen) atoms. The molecule has 1 heterocycles. The smallest absolute Gasteiger partial charge is 0.329 e. The quantitative estimate of drug-likeness (QED) is 0.799. The largest absolute Gasteiger partial charge is 0.480 e. The highest BCUT2D eigenvalue weighted by Crippen LogP contribution is 2.30. The van der Waals surface area contributed by atoms with Crippen molar-refractivity contribution in [3.63, 3.8) is 0 Å². The maximum Gasteiger partial charge on any atom is 0.329 e. The fraction of sp³-hybridized carbons (Fsp3) is 0.857. The lowest BCUT2D eigenvalue weighted by Crippen LogP contribution is -2.55. The summed E-state index contributed by atoms with van der Waals surface area (Å²) in [5.74, 6) is -0.910. The van der Waals surface area contributed by atoms with Gasteiger partial charge >= 0.3 is 12.0 Å². The van der Waals surface area contributed by atoms with E-state index >= 15 is 0 Å². The Hall–Kier alpha value is -1.30. The van der Waals surface area contributed by atoms with E-state index < -0.39 is 11.5 Å². The second-order valence-electron chi connectivity index (χ2n) is 5.91. The Morgan fingerprint density at radius 2 is 1.90 bits per heavy atom. The van der Waals surface area contributed by atoms with Crippen LogP contribution in [-0.4, -0.2) is 77.6 Å². The minimum Gasteiger partial charge on any atom is -0.480 e. The van der Waals surface area contributed by atoms with Gasteiger partial charge in [-0.15, -0.1) is 0 Å². The fourth-order valence-electron chi connectivity index (χ4n) is 2.56. The number of carboxylic acids is 1. The van der Waals surface area contributed by atoms with Crippen LogP contribution in [0.15, 0.2) is 0 Å². The van der Waals surface area contributed by atoms with E-state index in [-0.39, 0.29) is 6.03 Å². The summed E-state index contributed by atoms with van der Waals surface area (Å²) in [4.78, 5) is 29.4. The molecule has 0 bridgehead atoms. The monoisotopic (exact) mass is 285 g/mol. The van der Waals surface area contributed by atoms with Gasteiger partial charge in [-0.05, 0) is 40.3 Å². The van der Waals surface area contributed by atoms with Crippen molar-refractivity contribution in [3.8, 4) is 0 Å². The topological polar surface area (TPSA) is 64.1 Å². The molecule has 1 N–H and O–H groups in total. The van der Waals surface area contributed by atoms with Crippen molar-refractivity contribution in [2.24, 2.45) is 0 Å². The summed E-state index contributed by atoms with van der Waals surface area (Å²) < 4.78 is 0. The molecule has 0 aromatic carbocycles. The van der Waals surface area contributed by atoms with Gasteiger partial charge in [0.05, 0.1) is 0 Å². The number of likely N-dealkylation sites (N-methyl/N-ethyl adjacent to an activating group) is 1. The van der Waals surface area contributed by atoms with Gasteiger partial charge in [0.1, 0.15) is 5.54 Å². The standard InChI is InChI=1S/C14H27N3O3/c1-5-8-16(11-10-15(3)4)13(20)17-9-6-7-14(17,2)12(18)19/h5-11H2,1-4H3,(H,18,19). The van der Waals surface area contributed by atoms with E-state index in [1.165, 1.54) is 4.90 Å². The molecular weight excluding hydrogens is 258 g/mol. The first kappa shape index (κ1) is 16.8. The summed E-state index contributed by atoms with van der Waals surface area (Å²) in [6.45, 7) is 6.28. The molecule has 116 valence electrons. The lowest BCUT2D eigenvalue weighted by molar-refractivity contribution is -0.147. The average Bonchev–Trinajstić information content (AvgIpc) is 2.77. The number of carboxylic acid groups (broad SMARTS) is 1. The number of carbonyl (C=O) groups is 2. The predicted molar refractivity (Wildman–Crippen MR) is 77.8 cm³/mol. The highest BCUT2D eigenvalue weighted by atomic mass is 16.4. The summed E-state index contributed by atoms with van der Waals surface area (Å²) in [6.07, 6.45) is 2.15. The third kappa shape index (κ3) is 3.62. The molecule has 1 atom stereocenters. The molecule has 6 heteroatoms. The minimum absolute atomic E-state index is 0.142. The van der Waals surface area contributed by atoms with Gasteiger partial charge in [0, 0.05) is 26.2 Å². The predicted octanol–water partition coefficient (Wildman–Crippen LogP) is 1.32. The Balaban J connectivity index is 2.80. The number of carbonyl (C=O) groups excluding carboxylic acids is 1. The van der Waals surface area contributed by atoms with Gasteiger partial charge in [0.25, 0.3) is 0 Å². The van der Waals surface area contributed by atoms with Gasteiger partial charge in [-0.2, -0.15) is 0 Å². The van der Waals surface area contributed by atoms with E-state index in [1.807, 2.05) is 25.9 Å². The summed E-state index contributed by atoms with van der Waals surface area (Å²) >= 11 is 0. The Kier molecular flexibility index (Phi) is 5.80. The van der Waals surface area contributed by atoms with Crippen molar-refractivity contribution in [2.45, 2.75) is 38.6 Å². The van der Waals surface area contributed by atoms with Crippen LogP contribution >= 0.6 is 0 Å². The molecule has 1 fully saturated rings. The van der Waals surface area contributed by atoms with Gasteiger partial charge in [-0.3, -0.25) is 0 Å². The molecule has 2 amide bonds. The van der Waals surface area contributed by atoms with E-state index in [2.05, 4.69) is 0 Å². The Labute approximate surface area is 121 Å². The molecule has 0 aliphatic carbocycles. The van der Waals surface area contributed by atoms with Crippen molar-refractivity contribution >= 4 is 12.0 Å². The van der Waals surface area contributed by atoms with Gasteiger partial charge in [-0.1, -0.05) is 6.92 Å². The number of aliphatic carboxylic acids is 1. The van der Waals surface area contributed by atoms with Crippen LogP contribution in [0.3, 0.4) is 0 Å². The van der Waals surface area contributed by atoms with Gasteiger partial charge in [-0.25, -0.2) is 9.59 Å². The number of amides is 2. The number of likely N-dealkylation sites (tertiary alicyclic amines) is 1. The zero-order chi connectivity index (χ0) is 15.3. The zero-order valence-electron chi connectivity index (χ0n) is 13.1. The molecule has 1 rings (SSSR count). The second kappa shape index (κ2) is 6.92. The number of hydrogen-bond donors (Lipinski definition) is 1. The van der Waals surface area contributed by atoms with Gasteiger partial charge in [0.2, 0.25) is 0 Å². The van der Waals surface area contributed by atoms with Gasteiger partial charge in [0.15, 0.2) is 0 Å². The van der Waals surface area contributed by atoms with Crippen molar-refractivity contribution in [1.82, 2.24) is 14.7 Å². The van der Waals surface area contributed by atoms with Crippen LogP contribution in [0.25, 0.3) is 0 Å². The first-order valence-corrected chi connectivity index (χ1v) is 7.27. The van der Waals surface area contributed by atoms with Crippen LogP contribution < -0.4 is 0 Å². The molecule has 0 aromatic rings. The van der Waals surface area contributed by atoms with E-state index in [9.17, 15) is 14.7 Å². The minimum atomic E-state index is -1.05. The fourth-order valence-corrected chi connectivity index (χ4v) is 2.56. The lowest BCUT2D eigenvalue weighted by atomic mass is 10.00. The summed E-state index contributed by atoms with van der Waals surface area (Å²) in [5.41, 5.74) is -1.05. The van der Waals surface area contributed by atoms with E-state index in [4.69, 9.17) is 0 Å². The maximum atomic E-state index is 12.6. The molecule has 6 nitrogen and oxygen atoms in total. The summed E-state index contributed by atoms with van der Waals surface area (Å²) in [6, 6.07) is -0.142. The van der Waals surface area contributed by atoms with E-state index in [0.717, 1.165) is 19.4 Å². The number of rotatable bonds is 6. The van der Waals surface area contributed by atoms with Crippen molar-refractivity contribution in [2.75, 3.05) is 40.3 Å². The molecule has 1 saturated heterocycles. The van der Waals surface area contributed by atoms with Crippen LogP contribution in [0.2, 0.25) is 0 Å². The summed E-state index contributed by atoms with van der Waals surface area (Å²) in [5, 5.41) is 9.40. The van der Waals surface area contributed by atoms with Crippen LogP contribution in [-0.2, 0) is 4.79 Å². The lowest BCUT2D eigenvalue weighted by Gasteiger charge is -2.36. The summed E-state index contributed by atoms with van der Waals surface area (Å²) in [7, 11) is 3.93. The molecule has 0 saturated carbocycles. The Morgan fingerprint density at radius 1 is 1.25 bits per heavy atom. The van der Waals surface area contributed by atoms with Crippen LogP contribution in [0, 0.1) is 0 Å². The van der Waals surface area contributed by atoms with Crippen molar-refractivity contribution < 1.29 is 14.7 Å². The second-order valence-corrected chi connectivity index (χ2v) is 5.91. The highest BCUT2D eigenvalue weighted by Gasteiger charge is 2.46. The maximum absolute atomic E-state index is 12.6. The number of urea groups is 1. The normalized spacial score (nSPS) is 22.4. The average molecular weight is 285 g/mol. The molecule has 1 aliphatic rings. The molecule has 0 radical (unpaired) electrons. The Morgan fingerprint density at radius 3 is 2.40 bits per heavy atom. The first-order valence-electron chi connectivity index (χ1n) is 7.27. The molecule has 1 unspecified atom stereocenters. The molecule has 1 aliphatic heterocycles. The zero-order valence-corrected chi connectivity index (χ0v) is 13.1.